The van der Waals surface area contributed by atoms with E-state index in [1.54, 1.807) is 0 Å². The average Bonchev–Trinajstić information content (AvgIpc) is 2.65. The summed E-state index contributed by atoms with van der Waals surface area (Å²) in [5, 5.41) is 6.80. The molecular weight excluding hydrogens is 334 g/mol. The van der Waals surface area contributed by atoms with Crippen LogP contribution < -0.4 is 10.6 Å². The zero-order chi connectivity index (χ0) is 19.2. The fourth-order valence-electron chi connectivity index (χ4n) is 2.75. The molecule has 3 aromatic rings. The van der Waals surface area contributed by atoms with E-state index < -0.39 is 0 Å². The van der Waals surface area contributed by atoms with E-state index in [0.29, 0.717) is 5.95 Å². The molecule has 0 aliphatic rings. The lowest BCUT2D eigenvalue weighted by atomic mass is 10.1. The largest absolute Gasteiger partial charge is 0.369 e. The van der Waals surface area contributed by atoms with E-state index in [4.69, 9.17) is 4.98 Å². The van der Waals surface area contributed by atoms with Gasteiger partial charge in [0.1, 0.15) is 5.82 Å². The average molecular weight is 361 g/mol. The fourth-order valence-corrected chi connectivity index (χ4v) is 2.75. The number of nitrogens with one attached hydrogen (secondary N) is 2. The van der Waals surface area contributed by atoms with Gasteiger partial charge in [0.15, 0.2) is 0 Å². The molecule has 0 unspecified atom stereocenters. The van der Waals surface area contributed by atoms with Crippen LogP contribution in [0.3, 0.4) is 0 Å². The van der Waals surface area contributed by atoms with Crippen LogP contribution in [0.25, 0.3) is 11.3 Å². The highest BCUT2D eigenvalue weighted by Gasteiger charge is 2.08. The van der Waals surface area contributed by atoms with Crippen molar-refractivity contribution in [2.24, 2.45) is 0 Å². The van der Waals surface area contributed by atoms with Gasteiger partial charge in [0.25, 0.3) is 0 Å². The van der Waals surface area contributed by atoms with Gasteiger partial charge in [-0.05, 0) is 45.1 Å². The van der Waals surface area contributed by atoms with Crippen LogP contribution in [0.5, 0.6) is 0 Å². The maximum absolute atomic E-state index is 4.74. The Labute approximate surface area is 161 Å². The van der Waals surface area contributed by atoms with Gasteiger partial charge in [0, 0.05) is 30.4 Å². The molecule has 2 aromatic carbocycles. The zero-order valence-corrected chi connectivity index (χ0v) is 16.5. The van der Waals surface area contributed by atoms with Crippen LogP contribution in [0.15, 0.2) is 54.6 Å². The van der Waals surface area contributed by atoms with Crippen LogP contribution in [-0.2, 0) is 0 Å². The minimum atomic E-state index is 0.595. The van der Waals surface area contributed by atoms with Crippen LogP contribution >= 0.6 is 0 Å². The Morgan fingerprint density at radius 1 is 0.926 bits per heavy atom. The summed E-state index contributed by atoms with van der Waals surface area (Å²) in [5.41, 5.74) is 5.35. The third kappa shape index (κ3) is 5.28. The number of likely N-dealkylation sites (N-methyl/N-ethyl adjacent to an activating group) is 1. The number of rotatable bonds is 7. The van der Waals surface area contributed by atoms with Crippen molar-refractivity contribution >= 4 is 17.5 Å². The van der Waals surface area contributed by atoms with Crippen molar-refractivity contribution in [3.8, 4) is 11.3 Å². The van der Waals surface area contributed by atoms with Gasteiger partial charge >= 0.3 is 0 Å². The van der Waals surface area contributed by atoms with E-state index >= 15 is 0 Å². The second kappa shape index (κ2) is 8.64. The summed E-state index contributed by atoms with van der Waals surface area (Å²) in [6.07, 6.45) is 0. The molecule has 0 saturated carbocycles. The number of nitrogens with zero attached hydrogens (tertiary/aromatic N) is 3. The van der Waals surface area contributed by atoms with Gasteiger partial charge in [-0.1, -0.05) is 42.5 Å². The molecule has 5 heteroatoms. The SMILES string of the molecule is Cc1ccc(C)c(Nc2nc(NCCN(C)C)cc(-c3ccccc3)n2)c1. The quantitative estimate of drug-likeness (QED) is 0.650. The Kier molecular flexibility index (Phi) is 6.04. The third-order valence-corrected chi connectivity index (χ3v) is 4.30. The minimum Gasteiger partial charge on any atom is -0.369 e. The number of hydrogen-bond acceptors (Lipinski definition) is 5. The number of aromatic nitrogens is 2. The summed E-state index contributed by atoms with van der Waals surface area (Å²) in [4.78, 5) is 11.6. The molecule has 3 rings (SSSR count). The molecule has 0 atom stereocenters. The molecule has 27 heavy (non-hydrogen) atoms. The summed E-state index contributed by atoms with van der Waals surface area (Å²) in [5.74, 6) is 1.41. The first kappa shape index (κ1) is 18.9. The Morgan fingerprint density at radius 2 is 1.70 bits per heavy atom. The van der Waals surface area contributed by atoms with Gasteiger partial charge in [0.2, 0.25) is 5.95 Å². The van der Waals surface area contributed by atoms with Crippen molar-refractivity contribution in [1.82, 2.24) is 14.9 Å². The Morgan fingerprint density at radius 3 is 2.44 bits per heavy atom. The summed E-state index contributed by atoms with van der Waals surface area (Å²) in [7, 11) is 4.12. The Hall–Kier alpha value is -2.92. The third-order valence-electron chi connectivity index (χ3n) is 4.30. The highest BCUT2D eigenvalue weighted by molar-refractivity contribution is 5.67. The Bertz CT molecular complexity index is 890. The standard InChI is InChI=1S/C22H27N5/c1-16-10-11-17(2)19(14-16)24-22-25-20(18-8-6-5-7-9-18)15-21(26-22)23-12-13-27(3)4/h5-11,14-15H,12-13H2,1-4H3,(H2,23,24,25,26). The lowest BCUT2D eigenvalue weighted by molar-refractivity contribution is 0.425. The maximum Gasteiger partial charge on any atom is 0.229 e. The van der Waals surface area contributed by atoms with Gasteiger partial charge < -0.3 is 15.5 Å². The van der Waals surface area contributed by atoms with Crippen LogP contribution in [0, 0.1) is 13.8 Å². The van der Waals surface area contributed by atoms with Gasteiger partial charge in [-0.15, -0.1) is 0 Å². The second-order valence-corrected chi connectivity index (χ2v) is 7.00. The molecule has 0 fully saturated rings. The van der Waals surface area contributed by atoms with E-state index in [1.807, 2.05) is 24.3 Å². The highest BCUT2D eigenvalue weighted by atomic mass is 15.2. The number of anilines is 3. The van der Waals surface area contributed by atoms with Crippen LogP contribution in [0.1, 0.15) is 11.1 Å². The lowest BCUT2D eigenvalue weighted by Crippen LogP contribution is -2.21. The van der Waals surface area contributed by atoms with Crippen molar-refractivity contribution in [3.63, 3.8) is 0 Å². The lowest BCUT2D eigenvalue weighted by Gasteiger charge is -2.14. The molecular formula is C22H27N5. The maximum atomic E-state index is 4.74. The predicted octanol–water partition coefficient (Wildman–Crippen LogP) is 4.48. The molecule has 0 bridgehead atoms. The molecule has 0 aliphatic carbocycles. The predicted molar refractivity (Wildman–Crippen MR) is 114 cm³/mol. The highest BCUT2D eigenvalue weighted by Crippen LogP contribution is 2.25. The first-order valence-corrected chi connectivity index (χ1v) is 9.18. The number of benzene rings is 2. The number of hydrogen-bond donors (Lipinski definition) is 2. The van der Waals surface area contributed by atoms with Gasteiger partial charge in [-0.25, -0.2) is 4.98 Å². The van der Waals surface area contributed by atoms with E-state index in [-0.39, 0.29) is 0 Å². The van der Waals surface area contributed by atoms with E-state index in [0.717, 1.165) is 41.4 Å². The summed E-state index contributed by atoms with van der Waals surface area (Å²) in [6.45, 7) is 5.92. The summed E-state index contributed by atoms with van der Waals surface area (Å²) in [6, 6.07) is 18.5. The first-order valence-electron chi connectivity index (χ1n) is 9.18. The molecule has 140 valence electrons. The fraction of sp³-hybridized carbons (Fsp3) is 0.273. The summed E-state index contributed by atoms with van der Waals surface area (Å²) < 4.78 is 0. The van der Waals surface area contributed by atoms with Crippen LogP contribution in [0.2, 0.25) is 0 Å². The number of aryl methyl sites for hydroxylation is 2. The van der Waals surface area contributed by atoms with Crippen molar-refractivity contribution in [1.29, 1.82) is 0 Å². The molecule has 0 amide bonds. The van der Waals surface area contributed by atoms with Gasteiger partial charge in [-0.3, -0.25) is 0 Å². The van der Waals surface area contributed by atoms with Crippen molar-refractivity contribution in [2.45, 2.75) is 13.8 Å². The normalized spacial score (nSPS) is 10.9. The van der Waals surface area contributed by atoms with E-state index in [2.05, 4.69) is 78.8 Å². The van der Waals surface area contributed by atoms with Crippen LogP contribution in [0.4, 0.5) is 17.5 Å². The van der Waals surface area contributed by atoms with Crippen molar-refractivity contribution in [3.05, 3.63) is 65.7 Å². The molecule has 1 aromatic heterocycles. The molecule has 0 radical (unpaired) electrons. The molecule has 0 saturated heterocycles. The topological polar surface area (TPSA) is 53.1 Å². The van der Waals surface area contributed by atoms with Gasteiger partial charge in [0.05, 0.1) is 5.69 Å². The Balaban J connectivity index is 1.92. The molecule has 0 aliphatic heterocycles. The van der Waals surface area contributed by atoms with E-state index in [9.17, 15) is 0 Å². The smallest absolute Gasteiger partial charge is 0.229 e. The zero-order valence-electron chi connectivity index (χ0n) is 16.5. The minimum absolute atomic E-state index is 0.595. The molecule has 2 N–H and O–H groups in total. The first-order chi connectivity index (χ1) is 13.0. The van der Waals surface area contributed by atoms with E-state index in [1.165, 1.54) is 5.56 Å². The summed E-state index contributed by atoms with van der Waals surface area (Å²) >= 11 is 0. The molecule has 0 spiro atoms. The molecule has 1 heterocycles. The van der Waals surface area contributed by atoms with Crippen molar-refractivity contribution in [2.75, 3.05) is 37.8 Å². The van der Waals surface area contributed by atoms with Crippen LogP contribution in [-0.4, -0.2) is 42.1 Å². The van der Waals surface area contributed by atoms with Gasteiger partial charge in [-0.2, -0.15) is 4.98 Å². The van der Waals surface area contributed by atoms with Crippen molar-refractivity contribution < 1.29 is 0 Å². The molecule has 5 nitrogen and oxygen atoms in total. The second-order valence-electron chi connectivity index (χ2n) is 7.00. The monoisotopic (exact) mass is 361 g/mol.